The fraction of sp³-hybridized carbons (Fsp3) is 0.381. The molecule has 4 heteroatoms. The Morgan fingerprint density at radius 1 is 1.00 bits per heavy atom. The van der Waals surface area contributed by atoms with E-state index in [9.17, 15) is 4.79 Å². The van der Waals surface area contributed by atoms with E-state index < -0.39 is 0 Å². The molecule has 0 spiro atoms. The zero-order valence-electron chi connectivity index (χ0n) is 15.3. The summed E-state index contributed by atoms with van der Waals surface area (Å²) in [5.74, 6) is 1.56. The lowest BCUT2D eigenvalue weighted by molar-refractivity contribution is -0.115. The van der Waals surface area contributed by atoms with Crippen molar-refractivity contribution in [3.8, 4) is 0 Å². The number of hydrogen-bond acceptors (Lipinski definition) is 2. The molecule has 1 N–H and O–H groups in total. The number of hydrogen-bond donors (Lipinski definition) is 1. The summed E-state index contributed by atoms with van der Waals surface area (Å²) in [6.07, 6.45) is 0.483. The number of nitrogens with one attached hydrogen (secondary N) is 1. The van der Waals surface area contributed by atoms with Crippen molar-refractivity contribution < 1.29 is 4.79 Å². The third kappa shape index (κ3) is 5.79. The second-order valence-electron chi connectivity index (χ2n) is 6.72. The maximum absolute atomic E-state index is 12.5. The number of para-hydroxylation sites is 1. The molecular formula is C21H26ClNOS. The first kappa shape index (κ1) is 19.9. The first-order valence-corrected chi connectivity index (χ1v) is 10.1. The van der Waals surface area contributed by atoms with Crippen molar-refractivity contribution in [1.82, 2.24) is 0 Å². The van der Waals surface area contributed by atoms with Crippen LogP contribution >= 0.6 is 23.4 Å². The normalized spacial score (nSPS) is 11.2. The van der Waals surface area contributed by atoms with Gasteiger partial charge in [0.2, 0.25) is 5.91 Å². The molecule has 0 fully saturated rings. The molecule has 25 heavy (non-hydrogen) atoms. The van der Waals surface area contributed by atoms with Crippen LogP contribution in [0.3, 0.4) is 0 Å². The number of benzene rings is 2. The van der Waals surface area contributed by atoms with Crippen molar-refractivity contribution >= 4 is 35.0 Å². The van der Waals surface area contributed by atoms with Crippen LogP contribution in [0.5, 0.6) is 0 Å². The largest absolute Gasteiger partial charge is 0.326 e. The van der Waals surface area contributed by atoms with Gasteiger partial charge in [0.25, 0.3) is 0 Å². The summed E-state index contributed by atoms with van der Waals surface area (Å²) in [6, 6.07) is 14.0. The van der Waals surface area contributed by atoms with Crippen molar-refractivity contribution in [1.29, 1.82) is 0 Å². The number of halogens is 1. The SMILES string of the molecule is CC(C)c1cccc(C(C)C)c1NC(=O)CCSc1ccc(Cl)cc1. The monoisotopic (exact) mass is 375 g/mol. The third-order valence-corrected chi connectivity index (χ3v) is 5.31. The van der Waals surface area contributed by atoms with Crippen LogP contribution in [0.15, 0.2) is 47.4 Å². The van der Waals surface area contributed by atoms with E-state index >= 15 is 0 Å². The molecule has 0 bridgehead atoms. The predicted octanol–water partition coefficient (Wildman–Crippen LogP) is 6.71. The minimum atomic E-state index is 0.0662. The Bertz CT molecular complexity index is 684. The van der Waals surface area contributed by atoms with E-state index in [2.05, 4.69) is 51.2 Å². The Balaban J connectivity index is 2.01. The van der Waals surface area contributed by atoms with Crippen molar-refractivity contribution in [3.63, 3.8) is 0 Å². The summed E-state index contributed by atoms with van der Waals surface area (Å²) in [5.41, 5.74) is 3.39. The van der Waals surface area contributed by atoms with Crippen molar-refractivity contribution in [2.75, 3.05) is 11.1 Å². The van der Waals surface area contributed by atoms with Gasteiger partial charge in [-0.1, -0.05) is 57.5 Å². The Kier molecular flexibility index (Phi) is 7.39. The fourth-order valence-corrected chi connectivity index (χ4v) is 3.67. The first-order chi connectivity index (χ1) is 11.9. The number of anilines is 1. The minimum Gasteiger partial charge on any atom is -0.326 e. The van der Waals surface area contributed by atoms with Crippen LogP contribution in [0.1, 0.15) is 57.1 Å². The number of rotatable bonds is 7. The van der Waals surface area contributed by atoms with E-state index in [1.54, 1.807) is 11.8 Å². The van der Waals surface area contributed by atoms with E-state index in [4.69, 9.17) is 11.6 Å². The summed E-state index contributed by atoms with van der Waals surface area (Å²) >= 11 is 7.56. The molecule has 0 saturated carbocycles. The number of amides is 1. The lowest BCUT2D eigenvalue weighted by atomic mass is 9.92. The highest BCUT2D eigenvalue weighted by molar-refractivity contribution is 7.99. The summed E-state index contributed by atoms with van der Waals surface area (Å²) in [7, 11) is 0. The molecule has 0 radical (unpaired) electrons. The molecule has 2 nitrogen and oxygen atoms in total. The van der Waals surface area contributed by atoms with E-state index in [0.717, 1.165) is 21.4 Å². The molecule has 0 saturated heterocycles. The van der Waals surface area contributed by atoms with E-state index in [1.807, 2.05) is 24.3 Å². The molecule has 0 aliphatic heterocycles. The van der Waals surface area contributed by atoms with Gasteiger partial charge in [0.05, 0.1) is 0 Å². The molecule has 0 aromatic heterocycles. The highest BCUT2D eigenvalue weighted by Crippen LogP contribution is 2.32. The number of carbonyl (C=O) groups is 1. The zero-order chi connectivity index (χ0) is 18.4. The van der Waals surface area contributed by atoms with Gasteiger partial charge in [0.1, 0.15) is 0 Å². The molecule has 1 amide bonds. The molecule has 0 unspecified atom stereocenters. The van der Waals surface area contributed by atoms with Crippen LogP contribution in [0, 0.1) is 0 Å². The average molecular weight is 376 g/mol. The van der Waals surface area contributed by atoms with Gasteiger partial charge >= 0.3 is 0 Å². The maximum atomic E-state index is 12.5. The minimum absolute atomic E-state index is 0.0662. The van der Waals surface area contributed by atoms with E-state index in [0.29, 0.717) is 18.3 Å². The van der Waals surface area contributed by atoms with Gasteiger partial charge in [0, 0.05) is 27.8 Å². The molecule has 0 heterocycles. The summed E-state index contributed by atoms with van der Waals surface area (Å²) in [5, 5.41) is 3.89. The van der Waals surface area contributed by atoms with Gasteiger partial charge in [-0.15, -0.1) is 11.8 Å². The van der Waals surface area contributed by atoms with Gasteiger partial charge in [0.15, 0.2) is 0 Å². The fourth-order valence-electron chi connectivity index (χ4n) is 2.69. The van der Waals surface area contributed by atoms with Crippen molar-refractivity contribution in [2.45, 2.75) is 50.8 Å². The van der Waals surface area contributed by atoms with Gasteiger partial charge in [-0.3, -0.25) is 4.79 Å². The van der Waals surface area contributed by atoms with Gasteiger partial charge < -0.3 is 5.32 Å². The van der Waals surface area contributed by atoms with Crippen LogP contribution in [0.2, 0.25) is 5.02 Å². The summed E-state index contributed by atoms with van der Waals surface area (Å²) < 4.78 is 0. The van der Waals surface area contributed by atoms with Gasteiger partial charge in [-0.2, -0.15) is 0 Å². The van der Waals surface area contributed by atoms with Crippen LogP contribution < -0.4 is 5.32 Å². The Morgan fingerprint density at radius 2 is 1.56 bits per heavy atom. The van der Waals surface area contributed by atoms with Crippen molar-refractivity contribution in [3.05, 3.63) is 58.6 Å². The summed E-state index contributed by atoms with van der Waals surface area (Å²) in [6.45, 7) is 8.63. The van der Waals surface area contributed by atoms with E-state index in [-0.39, 0.29) is 5.91 Å². The molecule has 134 valence electrons. The molecule has 2 aromatic carbocycles. The topological polar surface area (TPSA) is 29.1 Å². The van der Waals surface area contributed by atoms with Crippen molar-refractivity contribution in [2.24, 2.45) is 0 Å². The van der Waals surface area contributed by atoms with Gasteiger partial charge in [-0.25, -0.2) is 0 Å². The Hall–Kier alpha value is -1.45. The lowest BCUT2D eigenvalue weighted by Crippen LogP contribution is -2.16. The number of carbonyl (C=O) groups excluding carboxylic acids is 1. The zero-order valence-corrected chi connectivity index (χ0v) is 16.9. The van der Waals surface area contributed by atoms with Crippen LogP contribution in [-0.4, -0.2) is 11.7 Å². The Labute approximate surface area is 160 Å². The average Bonchev–Trinajstić information content (AvgIpc) is 2.56. The second kappa shape index (κ2) is 9.30. The first-order valence-electron chi connectivity index (χ1n) is 8.69. The quantitative estimate of drug-likeness (QED) is 0.545. The lowest BCUT2D eigenvalue weighted by Gasteiger charge is -2.20. The highest BCUT2D eigenvalue weighted by atomic mass is 35.5. The molecule has 2 rings (SSSR count). The smallest absolute Gasteiger partial charge is 0.225 e. The molecule has 0 atom stereocenters. The van der Waals surface area contributed by atoms with Crippen LogP contribution in [0.4, 0.5) is 5.69 Å². The van der Waals surface area contributed by atoms with Crippen LogP contribution in [0.25, 0.3) is 0 Å². The second-order valence-corrected chi connectivity index (χ2v) is 8.33. The third-order valence-electron chi connectivity index (χ3n) is 4.05. The molecule has 0 aliphatic carbocycles. The summed E-state index contributed by atoms with van der Waals surface area (Å²) in [4.78, 5) is 13.6. The molecular weight excluding hydrogens is 350 g/mol. The maximum Gasteiger partial charge on any atom is 0.225 e. The van der Waals surface area contributed by atoms with Gasteiger partial charge in [-0.05, 0) is 47.2 Å². The number of thioether (sulfide) groups is 1. The highest BCUT2D eigenvalue weighted by Gasteiger charge is 2.15. The standard InChI is InChI=1S/C21H26ClNOS/c1-14(2)18-6-5-7-19(15(3)4)21(18)23-20(24)12-13-25-17-10-8-16(22)9-11-17/h5-11,14-15H,12-13H2,1-4H3,(H,23,24). The Morgan fingerprint density at radius 3 is 2.08 bits per heavy atom. The molecule has 0 aliphatic rings. The molecule has 2 aromatic rings. The predicted molar refractivity (Wildman–Crippen MR) is 110 cm³/mol. The van der Waals surface area contributed by atoms with E-state index in [1.165, 1.54) is 11.1 Å². The van der Waals surface area contributed by atoms with Crippen LogP contribution in [-0.2, 0) is 4.79 Å².